The molecule has 0 atom stereocenters. The predicted molar refractivity (Wildman–Crippen MR) is 46.8 cm³/mol. The first-order chi connectivity index (χ1) is 6.33. The highest BCUT2D eigenvalue weighted by atomic mass is 19.1. The standard InChI is InChI=1S/C10H10FO2/c11-9-3-5-10(6-4-9)13-8-2-1-7-12/h3-6H,1-2,8H2. The molecule has 2 nitrogen and oxygen atoms in total. The molecule has 0 amide bonds. The SMILES string of the molecule is O=[C]CCCOc1ccc(F)cc1. The Hall–Kier alpha value is -1.38. The molecule has 13 heavy (non-hydrogen) atoms. The summed E-state index contributed by atoms with van der Waals surface area (Å²) in [6, 6.07) is 5.78. The van der Waals surface area contributed by atoms with Crippen LogP contribution < -0.4 is 4.74 Å². The van der Waals surface area contributed by atoms with Gasteiger partial charge in [-0.15, -0.1) is 0 Å². The van der Waals surface area contributed by atoms with Crippen LogP contribution in [0.4, 0.5) is 4.39 Å². The van der Waals surface area contributed by atoms with Crippen molar-refractivity contribution in [1.82, 2.24) is 0 Å². The van der Waals surface area contributed by atoms with Crippen molar-refractivity contribution in [2.75, 3.05) is 6.61 Å². The number of hydrogen-bond donors (Lipinski definition) is 0. The van der Waals surface area contributed by atoms with Crippen molar-refractivity contribution in [2.24, 2.45) is 0 Å². The van der Waals surface area contributed by atoms with Crippen LogP contribution in [0.3, 0.4) is 0 Å². The van der Waals surface area contributed by atoms with Crippen LogP contribution in [0.2, 0.25) is 0 Å². The summed E-state index contributed by atoms with van der Waals surface area (Å²) in [5, 5.41) is 0. The van der Waals surface area contributed by atoms with E-state index in [2.05, 4.69) is 0 Å². The molecule has 3 heteroatoms. The highest BCUT2D eigenvalue weighted by molar-refractivity contribution is 5.50. The van der Waals surface area contributed by atoms with Gasteiger partial charge in [-0.05, 0) is 30.7 Å². The molecule has 0 unspecified atom stereocenters. The Labute approximate surface area is 76.3 Å². The zero-order valence-corrected chi connectivity index (χ0v) is 7.13. The van der Waals surface area contributed by atoms with E-state index in [1.807, 2.05) is 0 Å². The predicted octanol–water partition coefficient (Wildman–Crippen LogP) is 2.09. The van der Waals surface area contributed by atoms with E-state index in [-0.39, 0.29) is 5.82 Å². The number of benzene rings is 1. The van der Waals surface area contributed by atoms with Gasteiger partial charge in [-0.2, -0.15) is 0 Å². The molecule has 0 aromatic heterocycles. The van der Waals surface area contributed by atoms with Crippen LogP contribution in [-0.2, 0) is 4.79 Å². The van der Waals surface area contributed by atoms with Gasteiger partial charge in [0.15, 0.2) is 6.29 Å². The topological polar surface area (TPSA) is 26.3 Å². The molecular weight excluding hydrogens is 171 g/mol. The monoisotopic (exact) mass is 181 g/mol. The van der Waals surface area contributed by atoms with Crippen molar-refractivity contribution in [3.05, 3.63) is 30.1 Å². The fourth-order valence-corrected chi connectivity index (χ4v) is 0.865. The molecule has 1 rings (SSSR count). The lowest BCUT2D eigenvalue weighted by Crippen LogP contribution is -1.97. The lowest BCUT2D eigenvalue weighted by molar-refractivity contribution is 0.312. The Balaban J connectivity index is 2.28. The minimum absolute atomic E-state index is 0.284. The van der Waals surface area contributed by atoms with E-state index in [0.29, 0.717) is 25.2 Å². The fourth-order valence-electron chi connectivity index (χ4n) is 0.865. The highest BCUT2D eigenvalue weighted by Gasteiger charge is 1.93. The third-order valence-corrected chi connectivity index (χ3v) is 1.51. The van der Waals surface area contributed by atoms with Crippen molar-refractivity contribution in [2.45, 2.75) is 12.8 Å². The number of ether oxygens (including phenoxy) is 1. The van der Waals surface area contributed by atoms with Gasteiger partial charge in [-0.25, -0.2) is 4.39 Å². The molecule has 0 heterocycles. The average Bonchev–Trinajstić information content (AvgIpc) is 2.15. The smallest absolute Gasteiger partial charge is 0.198 e. The van der Waals surface area contributed by atoms with E-state index >= 15 is 0 Å². The molecule has 69 valence electrons. The molecule has 0 bridgehead atoms. The second-order valence-electron chi connectivity index (χ2n) is 2.55. The largest absolute Gasteiger partial charge is 0.494 e. The van der Waals surface area contributed by atoms with Gasteiger partial charge in [-0.3, -0.25) is 4.79 Å². The van der Waals surface area contributed by atoms with Gasteiger partial charge in [0.1, 0.15) is 11.6 Å². The number of unbranched alkanes of at least 4 members (excludes halogenated alkanes) is 1. The molecule has 1 aromatic rings. The van der Waals surface area contributed by atoms with Crippen LogP contribution in [-0.4, -0.2) is 12.9 Å². The van der Waals surface area contributed by atoms with Gasteiger partial charge >= 0.3 is 0 Å². The zero-order valence-electron chi connectivity index (χ0n) is 7.13. The number of rotatable bonds is 5. The van der Waals surface area contributed by atoms with E-state index in [4.69, 9.17) is 4.74 Å². The number of halogens is 1. The lowest BCUT2D eigenvalue weighted by Gasteiger charge is -2.03. The Morgan fingerprint density at radius 3 is 2.62 bits per heavy atom. The van der Waals surface area contributed by atoms with E-state index in [1.54, 1.807) is 18.4 Å². The average molecular weight is 181 g/mol. The summed E-state index contributed by atoms with van der Waals surface area (Å²) in [4.78, 5) is 9.83. The third-order valence-electron chi connectivity index (χ3n) is 1.51. The highest BCUT2D eigenvalue weighted by Crippen LogP contribution is 2.11. The Morgan fingerprint density at radius 2 is 2.00 bits per heavy atom. The Kier molecular flexibility index (Phi) is 3.96. The third kappa shape index (κ3) is 3.69. The van der Waals surface area contributed by atoms with Gasteiger partial charge in [0, 0.05) is 6.42 Å². The summed E-state index contributed by atoms with van der Waals surface area (Å²) in [5.41, 5.74) is 0. The number of hydrogen-bond acceptors (Lipinski definition) is 2. The van der Waals surface area contributed by atoms with E-state index in [0.717, 1.165) is 0 Å². The van der Waals surface area contributed by atoms with Crippen LogP contribution in [0, 0.1) is 5.82 Å². The fraction of sp³-hybridized carbons (Fsp3) is 0.300. The van der Waals surface area contributed by atoms with Gasteiger partial charge in [0.25, 0.3) is 0 Å². The zero-order chi connectivity index (χ0) is 9.52. The van der Waals surface area contributed by atoms with Crippen LogP contribution in [0.15, 0.2) is 24.3 Å². The van der Waals surface area contributed by atoms with Gasteiger partial charge in [0.05, 0.1) is 6.61 Å². The van der Waals surface area contributed by atoms with E-state index < -0.39 is 0 Å². The Morgan fingerprint density at radius 1 is 1.31 bits per heavy atom. The van der Waals surface area contributed by atoms with E-state index in [9.17, 15) is 9.18 Å². The van der Waals surface area contributed by atoms with Crippen LogP contribution >= 0.6 is 0 Å². The Bertz CT molecular complexity index is 256. The summed E-state index contributed by atoms with van der Waals surface area (Å²) in [6.45, 7) is 0.459. The molecule has 1 radical (unpaired) electrons. The second-order valence-corrected chi connectivity index (χ2v) is 2.55. The summed E-state index contributed by atoms with van der Waals surface area (Å²) >= 11 is 0. The van der Waals surface area contributed by atoms with E-state index in [1.165, 1.54) is 12.1 Å². The second kappa shape index (κ2) is 5.30. The van der Waals surface area contributed by atoms with Crippen LogP contribution in [0.5, 0.6) is 5.75 Å². The molecule has 0 fully saturated rings. The molecule has 0 N–H and O–H groups in total. The minimum atomic E-state index is -0.284. The van der Waals surface area contributed by atoms with Gasteiger partial charge in [0.2, 0.25) is 0 Å². The summed E-state index contributed by atoms with van der Waals surface area (Å²) in [6.07, 6.45) is 2.79. The molecule has 0 aliphatic rings. The summed E-state index contributed by atoms with van der Waals surface area (Å²) in [5.74, 6) is 0.334. The van der Waals surface area contributed by atoms with Crippen molar-refractivity contribution in [3.8, 4) is 5.75 Å². The molecule has 0 aliphatic heterocycles. The maximum Gasteiger partial charge on any atom is 0.198 e. The van der Waals surface area contributed by atoms with Gasteiger partial charge < -0.3 is 4.74 Å². The van der Waals surface area contributed by atoms with Gasteiger partial charge in [-0.1, -0.05) is 0 Å². The first-order valence-corrected chi connectivity index (χ1v) is 4.06. The van der Waals surface area contributed by atoms with Crippen molar-refractivity contribution in [1.29, 1.82) is 0 Å². The quantitative estimate of drug-likeness (QED) is 0.650. The summed E-state index contributed by atoms with van der Waals surface area (Å²) in [7, 11) is 0. The van der Waals surface area contributed by atoms with Crippen molar-refractivity contribution in [3.63, 3.8) is 0 Å². The molecule has 1 aromatic carbocycles. The normalized spacial score (nSPS) is 9.62. The lowest BCUT2D eigenvalue weighted by atomic mass is 10.3. The first kappa shape index (κ1) is 9.71. The molecule has 0 saturated carbocycles. The number of carbonyl (C=O) groups excluding carboxylic acids is 1. The minimum Gasteiger partial charge on any atom is -0.494 e. The molecule has 0 spiro atoms. The first-order valence-electron chi connectivity index (χ1n) is 4.06. The van der Waals surface area contributed by atoms with Crippen LogP contribution in [0.1, 0.15) is 12.8 Å². The maximum absolute atomic E-state index is 12.4. The van der Waals surface area contributed by atoms with Crippen molar-refractivity contribution < 1.29 is 13.9 Å². The van der Waals surface area contributed by atoms with Crippen LogP contribution in [0.25, 0.3) is 0 Å². The molecule has 0 aliphatic carbocycles. The summed E-state index contributed by atoms with van der Waals surface area (Å²) < 4.78 is 17.6. The van der Waals surface area contributed by atoms with Crippen molar-refractivity contribution >= 4 is 6.29 Å². The maximum atomic E-state index is 12.4. The molecule has 0 saturated heterocycles. The molecular formula is C10H10FO2.